The maximum absolute atomic E-state index is 12.6. The van der Waals surface area contributed by atoms with Crippen molar-refractivity contribution in [1.29, 1.82) is 0 Å². The van der Waals surface area contributed by atoms with E-state index in [1.807, 2.05) is 36.5 Å². The van der Waals surface area contributed by atoms with Crippen molar-refractivity contribution in [2.75, 3.05) is 18.5 Å². The van der Waals surface area contributed by atoms with Crippen molar-refractivity contribution in [2.24, 2.45) is 0 Å². The molecular weight excluding hydrogens is 318 g/mol. The first-order valence-electron chi connectivity index (χ1n) is 8.07. The predicted molar refractivity (Wildman–Crippen MR) is 93.2 cm³/mol. The first-order chi connectivity index (χ1) is 12.3. The number of para-hydroxylation sites is 1. The van der Waals surface area contributed by atoms with Gasteiger partial charge in [-0.1, -0.05) is 36.4 Å². The van der Waals surface area contributed by atoms with Gasteiger partial charge in [0.25, 0.3) is 5.91 Å². The molecule has 3 aromatic rings. The van der Waals surface area contributed by atoms with Crippen molar-refractivity contribution in [3.63, 3.8) is 0 Å². The van der Waals surface area contributed by atoms with Crippen LogP contribution in [-0.4, -0.2) is 28.9 Å². The molecule has 0 spiro atoms. The summed E-state index contributed by atoms with van der Waals surface area (Å²) in [5, 5.41) is 7.20. The fourth-order valence-electron chi connectivity index (χ4n) is 2.72. The van der Waals surface area contributed by atoms with E-state index in [2.05, 4.69) is 10.4 Å². The molecule has 0 atom stereocenters. The van der Waals surface area contributed by atoms with E-state index in [-0.39, 0.29) is 5.91 Å². The fourth-order valence-corrected chi connectivity index (χ4v) is 2.72. The van der Waals surface area contributed by atoms with Gasteiger partial charge in [0, 0.05) is 12.3 Å². The van der Waals surface area contributed by atoms with E-state index in [1.54, 1.807) is 28.9 Å². The Morgan fingerprint density at radius 1 is 1.04 bits per heavy atom. The van der Waals surface area contributed by atoms with Gasteiger partial charge in [0.1, 0.15) is 13.2 Å². The average Bonchev–Trinajstić information content (AvgIpc) is 3.09. The van der Waals surface area contributed by atoms with Crippen LogP contribution in [0, 0.1) is 0 Å². The van der Waals surface area contributed by atoms with E-state index in [1.165, 1.54) is 0 Å². The number of hydrogen-bond donors (Lipinski definition) is 1. The largest absolute Gasteiger partial charge is 0.486 e. The van der Waals surface area contributed by atoms with Crippen LogP contribution in [0.4, 0.5) is 5.82 Å². The Labute approximate surface area is 145 Å². The number of benzene rings is 2. The highest BCUT2D eigenvalue weighted by Crippen LogP contribution is 2.33. The number of aromatic nitrogens is 2. The van der Waals surface area contributed by atoms with Crippen molar-refractivity contribution in [1.82, 2.24) is 9.78 Å². The lowest BCUT2D eigenvalue weighted by Crippen LogP contribution is -2.20. The summed E-state index contributed by atoms with van der Waals surface area (Å²) in [5.41, 5.74) is 1.58. The van der Waals surface area contributed by atoms with E-state index in [0.29, 0.717) is 42.6 Å². The molecule has 1 aromatic heterocycles. The van der Waals surface area contributed by atoms with Gasteiger partial charge in [-0.25, -0.2) is 0 Å². The molecular formula is C19H17N3O3. The SMILES string of the molecule is O=C(Nc1ccn(Cc2ccccc2)n1)c1cccc2c1OCCO2. The number of nitrogens with one attached hydrogen (secondary N) is 1. The molecule has 0 radical (unpaired) electrons. The van der Waals surface area contributed by atoms with E-state index in [4.69, 9.17) is 9.47 Å². The Morgan fingerprint density at radius 3 is 2.76 bits per heavy atom. The lowest BCUT2D eigenvalue weighted by molar-refractivity contribution is 0.101. The summed E-state index contributed by atoms with van der Waals surface area (Å²) < 4.78 is 12.9. The molecule has 2 heterocycles. The van der Waals surface area contributed by atoms with Crippen LogP contribution in [0.2, 0.25) is 0 Å². The van der Waals surface area contributed by atoms with Gasteiger partial charge in [-0.2, -0.15) is 5.10 Å². The molecule has 0 unspecified atom stereocenters. The summed E-state index contributed by atoms with van der Waals surface area (Å²) in [7, 11) is 0. The zero-order valence-electron chi connectivity index (χ0n) is 13.5. The highest BCUT2D eigenvalue weighted by atomic mass is 16.6. The van der Waals surface area contributed by atoms with Gasteiger partial charge in [-0.15, -0.1) is 0 Å². The van der Waals surface area contributed by atoms with Gasteiger partial charge in [0.2, 0.25) is 0 Å². The standard InChI is InChI=1S/C19H17N3O3/c23-19(15-7-4-8-16-18(15)25-12-11-24-16)20-17-9-10-22(21-17)13-14-5-2-1-3-6-14/h1-10H,11-13H2,(H,20,21,23). The van der Waals surface area contributed by atoms with Crippen molar-refractivity contribution in [3.05, 3.63) is 71.9 Å². The van der Waals surface area contributed by atoms with Gasteiger partial charge in [0.15, 0.2) is 17.3 Å². The molecule has 6 heteroatoms. The number of nitrogens with zero attached hydrogens (tertiary/aromatic N) is 2. The lowest BCUT2D eigenvalue weighted by Gasteiger charge is -2.20. The number of carbonyl (C=O) groups excluding carboxylic acids is 1. The minimum atomic E-state index is -0.271. The van der Waals surface area contributed by atoms with Crippen LogP contribution in [0.25, 0.3) is 0 Å². The van der Waals surface area contributed by atoms with Gasteiger partial charge < -0.3 is 14.8 Å². The second-order valence-corrected chi connectivity index (χ2v) is 5.67. The first-order valence-corrected chi connectivity index (χ1v) is 8.07. The van der Waals surface area contributed by atoms with E-state index >= 15 is 0 Å². The van der Waals surface area contributed by atoms with Crippen molar-refractivity contribution in [2.45, 2.75) is 6.54 Å². The molecule has 0 bridgehead atoms. The van der Waals surface area contributed by atoms with Gasteiger partial charge in [0.05, 0.1) is 12.1 Å². The van der Waals surface area contributed by atoms with Crippen LogP contribution in [0.15, 0.2) is 60.8 Å². The normalized spacial score (nSPS) is 12.6. The van der Waals surface area contributed by atoms with E-state index < -0.39 is 0 Å². The van der Waals surface area contributed by atoms with E-state index in [0.717, 1.165) is 5.56 Å². The maximum atomic E-state index is 12.6. The summed E-state index contributed by atoms with van der Waals surface area (Å²) >= 11 is 0. The number of anilines is 1. The number of amides is 1. The minimum Gasteiger partial charge on any atom is -0.486 e. The summed E-state index contributed by atoms with van der Waals surface area (Å²) in [6.07, 6.45) is 1.84. The second-order valence-electron chi connectivity index (χ2n) is 5.67. The molecule has 0 saturated carbocycles. The number of carbonyl (C=O) groups is 1. The molecule has 0 aliphatic carbocycles. The Kier molecular flexibility index (Phi) is 4.08. The molecule has 0 fully saturated rings. The van der Waals surface area contributed by atoms with Crippen molar-refractivity contribution >= 4 is 11.7 Å². The monoisotopic (exact) mass is 335 g/mol. The van der Waals surface area contributed by atoms with Crippen molar-refractivity contribution < 1.29 is 14.3 Å². The highest BCUT2D eigenvalue weighted by molar-refractivity contribution is 6.06. The Morgan fingerprint density at radius 2 is 1.88 bits per heavy atom. The van der Waals surface area contributed by atoms with Crippen molar-refractivity contribution in [3.8, 4) is 11.5 Å². The molecule has 6 nitrogen and oxygen atoms in total. The number of fused-ring (bicyclic) bond motifs is 1. The summed E-state index contributed by atoms with van der Waals surface area (Å²) in [5.74, 6) is 1.30. The molecule has 0 saturated heterocycles. The number of hydrogen-bond acceptors (Lipinski definition) is 4. The molecule has 2 aromatic carbocycles. The second kappa shape index (κ2) is 6.68. The number of rotatable bonds is 4. The average molecular weight is 335 g/mol. The topological polar surface area (TPSA) is 65.4 Å². The van der Waals surface area contributed by atoms with Crippen LogP contribution in [0.1, 0.15) is 15.9 Å². The minimum absolute atomic E-state index is 0.271. The predicted octanol–water partition coefficient (Wildman–Crippen LogP) is 2.95. The molecule has 126 valence electrons. The first kappa shape index (κ1) is 15.3. The Bertz CT molecular complexity index is 890. The molecule has 1 aliphatic heterocycles. The smallest absolute Gasteiger partial charge is 0.260 e. The van der Waals surface area contributed by atoms with Crippen LogP contribution in [-0.2, 0) is 6.54 Å². The Hall–Kier alpha value is -3.28. The molecule has 1 amide bonds. The van der Waals surface area contributed by atoms with Crippen LogP contribution in [0.5, 0.6) is 11.5 Å². The van der Waals surface area contributed by atoms with Gasteiger partial charge in [-0.05, 0) is 17.7 Å². The molecule has 1 N–H and O–H groups in total. The quantitative estimate of drug-likeness (QED) is 0.796. The number of ether oxygens (including phenoxy) is 2. The zero-order valence-corrected chi connectivity index (χ0v) is 13.5. The third-order valence-electron chi connectivity index (χ3n) is 3.88. The van der Waals surface area contributed by atoms with Crippen LogP contribution >= 0.6 is 0 Å². The maximum Gasteiger partial charge on any atom is 0.260 e. The third-order valence-corrected chi connectivity index (χ3v) is 3.88. The van der Waals surface area contributed by atoms with Gasteiger partial charge in [-0.3, -0.25) is 9.48 Å². The Balaban J connectivity index is 1.49. The summed E-state index contributed by atoms with van der Waals surface area (Å²) in [6, 6.07) is 17.1. The lowest BCUT2D eigenvalue weighted by atomic mass is 10.1. The van der Waals surface area contributed by atoms with Gasteiger partial charge >= 0.3 is 0 Å². The van der Waals surface area contributed by atoms with E-state index in [9.17, 15) is 4.79 Å². The molecule has 25 heavy (non-hydrogen) atoms. The zero-order chi connectivity index (χ0) is 17.1. The fraction of sp³-hybridized carbons (Fsp3) is 0.158. The highest BCUT2D eigenvalue weighted by Gasteiger charge is 2.20. The van der Waals surface area contributed by atoms with Crippen LogP contribution < -0.4 is 14.8 Å². The molecule has 4 rings (SSSR count). The summed E-state index contributed by atoms with van der Waals surface area (Å²) in [4.78, 5) is 12.6. The summed E-state index contributed by atoms with van der Waals surface area (Å²) in [6.45, 7) is 1.57. The third kappa shape index (κ3) is 3.33. The van der Waals surface area contributed by atoms with Crippen LogP contribution in [0.3, 0.4) is 0 Å². The molecule has 1 aliphatic rings.